The van der Waals surface area contributed by atoms with Crippen LogP contribution in [-0.2, 0) is 26.2 Å². The van der Waals surface area contributed by atoms with E-state index in [2.05, 4.69) is 44.9 Å². The van der Waals surface area contributed by atoms with E-state index in [9.17, 15) is 0 Å². The van der Waals surface area contributed by atoms with Crippen LogP contribution in [0.3, 0.4) is 0 Å². The third-order valence-electron chi connectivity index (χ3n) is 4.98. The van der Waals surface area contributed by atoms with Gasteiger partial charge in [-0.1, -0.05) is 35.4 Å². The van der Waals surface area contributed by atoms with Crippen LogP contribution in [0.1, 0.15) is 36.8 Å². The summed E-state index contributed by atoms with van der Waals surface area (Å²) < 4.78 is 3.36. The second-order valence-corrected chi connectivity index (χ2v) is 6.89. The van der Waals surface area contributed by atoms with E-state index in [-0.39, 0.29) is 0 Å². The fourth-order valence-electron chi connectivity index (χ4n) is 3.44. The highest BCUT2D eigenvalue weighted by molar-refractivity contribution is 5.74. The molecule has 2 aromatic heterocycles. The molecule has 28 heavy (non-hydrogen) atoms. The van der Waals surface area contributed by atoms with E-state index < -0.39 is 0 Å². The van der Waals surface area contributed by atoms with E-state index in [4.69, 9.17) is 11.5 Å². The number of hydrogen-bond donors (Lipinski definition) is 2. The van der Waals surface area contributed by atoms with E-state index in [0.29, 0.717) is 13.3 Å². The van der Waals surface area contributed by atoms with Gasteiger partial charge in [-0.3, -0.25) is 0 Å². The van der Waals surface area contributed by atoms with Crippen molar-refractivity contribution in [1.82, 2.24) is 30.0 Å². The van der Waals surface area contributed by atoms with Crippen molar-refractivity contribution in [2.24, 2.45) is 11.5 Å². The first kappa shape index (κ1) is 18.5. The molecule has 0 fully saturated rings. The van der Waals surface area contributed by atoms with E-state index in [1.54, 1.807) is 9.36 Å². The molecule has 0 aliphatic carbocycles. The molecule has 0 aliphatic heterocycles. The smallest absolute Gasteiger partial charge is 0.121 e. The molecule has 0 saturated heterocycles. The lowest BCUT2D eigenvalue weighted by Gasteiger charge is -2.04. The molecule has 0 amide bonds. The lowest BCUT2D eigenvalue weighted by Crippen LogP contribution is -2.08. The number of rotatable bonds is 9. The molecule has 8 heteroatoms. The Bertz CT molecular complexity index is 979. The topological polar surface area (TPSA) is 113 Å². The maximum absolute atomic E-state index is 5.63. The minimum atomic E-state index is 0.333. The van der Waals surface area contributed by atoms with Crippen molar-refractivity contribution in [2.45, 2.75) is 51.9 Å². The zero-order chi connectivity index (χ0) is 19.3. The SMILES string of the molecule is NCn1nnc2[c]c(CCCCCCc3[c]c4nnn(CN)c4cc3)ccc21. The van der Waals surface area contributed by atoms with Crippen LogP contribution in [0, 0.1) is 12.1 Å². The van der Waals surface area contributed by atoms with Gasteiger partial charge in [0.05, 0.1) is 24.4 Å². The highest BCUT2D eigenvalue weighted by Crippen LogP contribution is 2.17. The maximum Gasteiger partial charge on any atom is 0.121 e. The van der Waals surface area contributed by atoms with Crippen molar-refractivity contribution in [3.8, 4) is 0 Å². The van der Waals surface area contributed by atoms with Gasteiger partial charge >= 0.3 is 0 Å². The third-order valence-corrected chi connectivity index (χ3v) is 4.98. The lowest BCUT2D eigenvalue weighted by molar-refractivity contribution is 0.627. The van der Waals surface area contributed by atoms with Crippen LogP contribution in [0.2, 0.25) is 0 Å². The van der Waals surface area contributed by atoms with Gasteiger partial charge in [0, 0.05) is 12.1 Å². The zero-order valence-electron chi connectivity index (χ0n) is 15.8. The summed E-state index contributed by atoms with van der Waals surface area (Å²) in [5, 5.41) is 16.3. The summed E-state index contributed by atoms with van der Waals surface area (Å²) in [5.41, 5.74) is 17.1. The average molecular weight is 376 g/mol. The summed E-state index contributed by atoms with van der Waals surface area (Å²) in [5.74, 6) is 0. The minimum Gasteiger partial charge on any atom is -0.312 e. The largest absolute Gasteiger partial charge is 0.312 e. The summed E-state index contributed by atoms with van der Waals surface area (Å²) >= 11 is 0. The van der Waals surface area contributed by atoms with Crippen molar-refractivity contribution in [2.75, 3.05) is 0 Å². The Labute approximate surface area is 163 Å². The Morgan fingerprint density at radius 2 is 1.14 bits per heavy atom. The van der Waals surface area contributed by atoms with Crippen LogP contribution in [0.15, 0.2) is 24.3 Å². The van der Waals surface area contributed by atoms with Crippen LogP contribution in [0.25, 0.3) is 22.1 Å². The highest BCUT2D eigenvalue weighted by atomic mass is 15.4. The number of hydrogen-bond acceptors (Lipinski definition) is 6. The van der Waals surface area contributed by atoms with Crippen molar-refractivity contribution < 1.29 is 0 Å². The van der Waals surface area contributed by atoms with E-state index >= 15 is 0 Å². The van der Waals surface area contributed by atoms with Crippen LogP contribution in [-0.4, -0.2) is 30.0 Å². The molecule has 0 saturated carbocycles. The van der Waals surface area contributed by atoms with Crippen LogP contribution in [0.4, 0.5) is 0 Å². The van der Waals surface area contributed by atoms with E-state index in [1.807, 2.05) is 12.1 Å². The molecule has 0 bridgehead atoms. The molecule has 2 heterocycles. The second kappa shape index (κ2) is 8.45. The van der Waals surface area contributed by atoms with Gasteiger partial charge in [-0.15, -0.1) is 10.2 Å². The fraction of sp³-hybridized carbons (Fsp3) is 0.400. The molecule has 0 spiro atoms. The molecule has 4 N–H and O–H groups in total. The average Bonchev–Trinajstić information content (AvgIpc) is 3.33. The minimum absolute atomic E-state index is 0.333. The first-order chi connectivity index (χ1) is 13.8. The van der Waals surface area contributed by atoms with E-state index in [1.165, 1.54) is 24.0 Å². The Morgan fingerprint density at radius 3 is 1.57 bits per heavy atom. The van der Waals surface area contributed by atoms with Crippen LogP contribution >= 0.6 is 0 Å². The number of benzene rings is 2. The molecule has 4 aromatic rings. The molecule has 0 atom stereocenters. The predicted molar refractivity (Wildman–Crippen MR) is 107 cm³/mol. The first-order valence-corrected chi connectivity index (χ1v) is 9.67. The van der Waals surface area contributed by atoms with Gasteiger partial charge in [-0.2, -0.15) is 0 Å². The normalized spacial score (nSPS) is 11.6. The molecule has 4 rings (SSSR count). The molecular weight excluding hydrogens is 352 g/mol. The molecule has 0 unspecified atom stereocenters. The van der Waals surface area contributed by atoms with Crippen LogP contribution < -0.4 is 11.5 Å². The standard InChI is InChI=1S/C20H24N8/c21-13-27-19-9-7-15(11-17(19)23-25-27)5-3-1-2-4-6-16-8-10-20-18(12-16)24-26-28(20)14-22/h7-10H,1-6,13-14,21-22H2. The number of nitrogens with zero attached hydrogens (tertiary/aromatic N) is 6. The number of aromatic nitrogens is 6. The number of unbranched alkanes of at least 4 members (excludes halogenated alkanes) is 3. The summed E-state index contributed by atoms with van der Waals surface area (Å²) in [6, 6.07) is 14.9. The molecule has 144 valence electrons. The van der Waals surface area contributed by atoms with Crippen molar-refractivity contribution in [3.63, 3.8) is 0 Å². The maximum atomic E-state index is 5.63. The molecule has 2 aromatic carbocycles. The van der Waals surface area contributed by atoms with Gasteiger partial charge in [0.1, 0.15) is 11.0 Å². The Kier molecular flexibility index (Phi) is 5.59. The fourth-order valence-corrected chi connectivity index (χ4v) is 3.44. The summed E-state index contributed by atoms with van der Waals surface area (Å²) in [6.07, 6.45) is 6.67. The predicted octanol–water partition coefficient (Wildman–Crippen LogP) is 1.95. The Hall–Kier alpha value is -2.84. The van der Waals surface area contributed by atoms with Gasteiger partial charge in [0.2, 0.25) is 0 Å². The van der Waals surface area contributed by atoms with Gasteiger partial charge in [-0.05, 0) is 48.9 Å². The molecule has 2 radical (unpaired) electrons. The van der Waals surface area contributed by atoms with Crippen molar-refractivity contribution in [1.29, 1.82) is 0 Å². The molecular formula is C20H24N8. The quantitative estimate of drug-likeness (QED) is 0.432. The Balaban J connectivity index is 1.22. The van der Waals surface area contributed by atoms with Gasteiger partial charge in [0.25, 0.3) is 0 Å². The second-order valence-electron chi connectivity index (χ2n) is 6.89. The number of nitrogens with two attached hydrogens (primary N) is 2. The highest BCUT2D eigenvalue weighted by Gasteiger charge is 2.06. The van der Waals surface area contributed by atoms with Crippen LogP contribution in [0.5, 0.6) is 0 Å². The Morgan fingerprint density at radius 1 is 0.679 bits per heavy atom. The monoisotopic (exact) mass is 376 g/mol. The third kappa shape index (κ3) is 3.88. The van der Waals surface area contributed by atoms with Crippen molar-refractivity contribution in [3.05, 3.63) is 47.5 Å². The first-order valence-electron chi connectivity index (χ1n) is 9.67. The molecule has 8 nitrogen and oxygen atoms in total. The summed E-state index contributed by atoms with van der Waals surface area (Å²) in [6.45, 7) is 0.666. The summed E-state index contributed by atoms with van der Waals surface area (Å²) in [7, 11) is 0. The van der Waals surface area contributed by atoms with Gasteiger partial charge in [0.15, 0.2) is 0 Å². The zero-order valence-corrected chi connectivity index (χ0v) is 15.8. The van der Waals surface area contributed by atoms with Gasteiger partial charge < -0.3 is 11.5 Å². The molecule has 0 aliphatic rings. The lowest BCUT2D eigenvalue weighted by atomic mass is 10.0. The summed E-state index contributed by atoms with van der Waals surface area (Å²) in [4.78, 5) is 0. The number of aryl methyl sites for hydroxylation is 2. The van der Waals surface area contributed by atoms with Crippen molar-refractivity contribution >= 4 is 22.1 Å². The number of fused-ring (bicyclic) bond motifs is 2. The van der Waals surface area contributed by atoms with Gasteiger partial charge in [-0.25, -0.2) is 9.36 Å². The van der Waals surface area contributed by atoms with E-state index in [0.717, 1.165) is 47.8 Å².